The molecule has 1 rings (SSSR count). The third-order valence-corrected chi connectivity index (χ3v) is 1.98. The van der Waals surface area contributed by atoms with Gasteiger partial charge in [0.2, 0.25) is 0 Å². The number of furan rings is 1. The first-order chi connectivity index (χ1) is 5.58. The maximum absolute atomic E-state index is 11.6. The van der Waals surface area contributed by atoms with Gasteiger partial charge in [-0.05, 0) is 27.0 Å². The Hall–Kier alpha value is -1.09. The Morgan fingerprint density at radius 3 is 2.67 bits per heavy atom. The lowest BCUT2D eigenvalue weighted by Gasteiger charge is -2.20. The number of hydrogen-bond donors (Lipinski definition) is 1. The van der Waals surface area contributed by atoms with Gasteiger partial charge in [0.05, 0.1) is 17.4 Å². The van der Waals surface area contributed by atoms with E-state index < -0.39 is 5.54 Å². The summed E-state index contributed by atoms with van der Waals surface area (Å²) in [5.74, 6) is 0.0405. The second kappa shape index (κ2) is 3.11. The number of rotatable bonds is 3. The van der Waals surface area contributed by atoms with Gasteiger partial charge in [-0.3, -0.25) is 4.79 Å². The number of carbonyl (C=O) groups is 1. The summed E-state index contributed by atoms with van der Waals surface area (Å²) < 4.78 is 4.83. The van der Waals surface area contributed by atoms with Crippen molar-refractivity contribution in [3.63, 3.8) is 0 Å². The molecular formula is C9H13NO2. The van der Waals surface area contributed by atoms with Crippen molar-refractivity contribution in [1.82, 2.24) is 5.32 Å². The Morgan fingerprint density at radius 2 is 2.25 bits per heavy atom. The average Bonchev–Trinajstić information content (AvgIpc) is 2.55. The minimum absolute atomic E-state index is 0.0405. The van der Waals surface area contributed by atoms with Gasteiger partial charge in [-0.15, -0.1) is 0 Å². The molecule has 1 heterocycles. The highest BCUT2D eigenvalue weighted by Crippen LogP contribution is 2.12. The van der Waals surface area contributed by atoms with Crippen molar-refractivity contribution >= 4 is 5.78 Å². The van der Waals surface area contributed by atoms with E-state index in [2.05, 4.69) is 5.32 Å². The molecule has 1 aromatic rings. The lowest BCUT2D eigenvalue weighted by Crippen LogP contribution is -2.44. The fourth-order valence-corrected chi connectivity index (χ4v) is 0.868. The van der Waals surface area contributed by atoms with Crippen molar-refractivity contribution in [1.29, 1.82) is 0 Å². The summed E-state index contributed by atoms with van der Waals surface area (Å²) >= 11 is 0. The summed E-state index contributed by atoms with van der Waals surface area (Å²) in [6.07, 6.45) is 2.96. The summed E-state index contributed by atoms with van der Waals surface area (Å²) in [7, 11) is 1.76. The van der Waals surface area contributed by atoms with Crippen LogP contribution >= 0.6 is 0 Å². The van der Waals surface area contributed by atoms with Crippen LogP contribution in [-0.2, 0) is 0 Å². The quantitative estimate of drug-likeness (QED) is 0.693. The highest BCUT2D eigenvalue weighted by atomic mass is 16.3. The predicted octanol–water partition coefficient (Wildman–Crippen LogP) is 1.46. The number of nitrogens with one attached hydrogen (secondary N) is 1. The van der Waals surface area contributed by atoms with Gasteiger partial charge >= 0.3 is 0 Å². The molecule has 0 saturated heterocycles. The molecule has 0 atom stereocenters. The van der Waals surface area contributed by atoms with E-state index in [4.69, 9.17) is 4.42 Å². The van der Waals surface area contributed by atoms with Crippen LogP contribution in [0.1, 0.15) is 24.2 Å². The van der Waals surface area contributed by atoms with E-state index in [1.807, 2.05) is 13.8 Å². The van der Waals surface area contributed by atoms with Crippen LogP contribution in [0.15, 0.2) is 23.0 Å². The zero-order valence-electron chi connectivity index (χ0n) is 7.55. The molecule has 12 heavy (non-hydrogen) atoms. The molecule has 0 aliphatic carbocycles. The molecule has 0 aliphatic heterocycles. The third-order valence-electron chi connectivity index (χ3n) is 1.98. The highest BCUT2D eigenvalue weighted by molar-refractivity contribution is 6.02. The largest absolute Gasteiger partial charge is 0.472 e. The van der Waals surface area contributed by atoms with Crippen LogP contribution in [0.2, 0.25) is 0 Å². The smallest absolute Gasteiger partial charge is 0.185 e. The number of ketones is 1. The Balaban J connectivity index is 2.86. The van der Waals surface area contributed by atoms with Crippen LogP contribution in [0.25, 0.3) is 0 Å². The van der Waals surface area contributed by atoms with E-state index in [0.717, 1.165) is 0 Å². The zero-order chi connectivity index (χ0) is 9.19. The van der Waals surface area contributed by atoms with E-state index in [9.17, 15) is 4.79 Å². The Labute approximate surface area is 71.8 Å². The monoisotopic (exact) mass is 167 g/mol. The van der Waals surface area contributed by atoms with Crippen molar-refractivity contribution in [3.8, 4) is 0 Å². The van der Waals surface area contributed by atoms with Crippen molar-refractivity contribution in [2.45, 2.75) is 19.4 Å². The van der Waals surface area contributed by atoms with E-state index in [-0.39, 0.29) is 5.78 Å². The second-order valence-corrected chi connectivity index (χ2v) is 3.22. The lowest BCUT2D eigenvalue weighted by molar-refractivity contribution is 0.0889. The van der Waals surface area contributed by atoms with Crippen LogP contribution in [0.5, 0.6) is 0 Å². The fourth-order valence-electron chi connectivity index (χ4n) is 0.868. The van der Waals surface area contributed by atoms with E-state index in [1.165, 1.54) is 12.5 Å². The number of likely N-dealkylation sites (N-methyl/N-ethyl adjacent to an activating group) is 1. The normalized spacial score (nSPS) is 11.6. The molecule has 0 unspecified atom stereocenters. The maximum atomic E-state index is 11.6. The topological polar surface area (TPSA) is 42.2 Å². The van der Waals surface area contributed by atoms with Crippen LogP contribution in [0, 0.1) is 0 Å². The summed E-state index contributed by atoms with van der Waals surface area (Å²) in [5, 5.41) is 2.94. The van der Waals surface area contributed by atoms with Gasteiger partial charge < -0.3 is 9.73 Å². The van der Waals surface area contributed by atoms with Gasteiger partial charge in [0.1, 0.15) is 6.26 Å². The van der Waals surface area contributed by atoms with Gasteiger partial charge in [-0.1, -0.05) is 0 Å². The molecule has 0 aliphatic rings. The van der Waals surface area contributed by atoms with E-state index in [1.54, 1.807) is 13.1 Å². The van der Waals surface area contributed by atoms with Crippen LogP contribution in [0.3, 0.4) is 0 Å². The van der Waals surface area contributed by atoms with Gasteiger partial charge in [0.15, 0.2) is 5.78 Å². The van der Waals surface area contributed by atoms with Crippen LogP contribution in [-0.4, -0.2) is 18.4 Å². The molecule has 0 bridgehead atoms. The molecule has 3 nitrogen and oxygen atoms in total. The molecule has 0 spiro atoms. The minimum atomic E-state index is -0.524. The average molecular weight is 167 g/mol. The van der Waals surface area contributed by atoms with Gasteiger partial charge in [0, 0.05) is 0 Å². The molecule has 0 aromatic carbocycles. The van der Waals surface area contributed by atoms with Crippen LogP contribution in [0.4, 0.5) is 0 Å². The van der Waals surface area contributed by atoms with Gasteiger partial charge in [-0.25, -0.2) is 0 Å². The second-order valence-electron chi connectivity index (χ2n) is 3.22. The zero-order valence-corrected chi connectivity index (χ0v) is 7.55. The Morgan fingerprint density at radius 1 is 1.58 bits per heavy atom. The first-order valence-electron chi connectivity index (χ1n) is 3.84. The molecule has 0 radical (unpaired) electrons. The first-order valence-corrected chi connectivity index (χ1v) is 3.84. The van der Waals surface area contributed by atoms with Gasteiger partial charge in [-0.2, -0.15) is 0 Å². The fraction of sp³-hybridized carbons (Fsp3) is 0.444. The summed E-state index contributed by atoms with van der Waals surface area (Å²) in [4.78, 5) is 11.6. The predicted molar refractivity (Wildman–Crippen MR) is 46.2 cm³/mol. The van der Waals surface area contributed by atoms with E-state index in [0.29, 0.717) is 5.56 Å². The summed E-state index contributed by atoms with van der Waals surface area (Å²) in [6.45, 7) is 3.67. The van der Waals surface area contributed by atoms with Crippen molar-refractivity contribution in [3.05, 3.63) is 24.2 Å². The molecule has 66 valence electrons. The minimum Gasteiger partial charge on any atom is -0.472 e. The Kier molecular flexibility index (Phi) is 2.33. The van der Waals surface area contributed by atoms with E-state index >= 15 is 0 Å². The first kappa shape index (κ1) is 9.00. The van der Waals surface area contributed by atoms with Crippen LogP contribution < -0.4 is 5.32 Å². The molecule has 1 N–H and O–H groups in total. The standard InChI is InChI=1S/C9H13NO2/c1-9(2,10-3)8(11)7-4-5-12-6-7/h4-6,10H,1-3H3. The molecule has 0 saturated carbocycles. The molecule has 0 fully saturated rings. The maximum Gasteiger partial charge on any atom is 0.185 e. The molecule has 3 heteroatoms. The number of hydrogen-bond acceptors (Lipinski definition) is 3. The van der Waals surface area contributed by atoms with Gasteiger partial charge in [0.25, 0.3) is 0 Å². The molecule has 1 aromatic heterocycles. The lowest BCUT2D eigenvalue weighted by atomic mass is 9.95. The highest BCUT2D eigenvalue weighted by Gasteiger charge is 2.26. The van der Waals surface area contributed by atoms with Crippen molar-refractivity contribution in [2.24, 2.45) is 0 Å². The number of carbonyl (C=O) groups excluding carboxylic acids is 1. The Bertz CT molecular complexity index is 262. The molecule has 0 amide bonds. The SMILES string of the molecule is CNC(C)(C)C(=O)c1ccoc1. The summed E-state index contributed by atoms with van der Waals surface area (Å²) in [5.41, 5.74) is 0.0819. The van der Waals surface area contributed by atoms with Crippen molar-refractivity contribution < 1.29 is 9.21 Å². The van der Waals surface area contributed by atoms with Crippen molar-refractivity contribution in [2.75, 3.05) is 7.05 Å². The number of Topliss-reactive ketones (excluding diaryl/α,β-unsaturated/α-hetero) is 1. The third kappa shape index (κ3) is 1.56. The summed E-state index contributed by atoms with van der Waals surface area (Å²) in [6, 6.07) is 1.67. The molecular weight excluding hydrogens is 154 g/mol.